The first-order chi connectivity index (χ1) is 54.1. The van der Waals surface area contributed by atoms with Crippen LogP contribution in [0.25, 0.3) is 0 Å². The first kappa shape index (κ1) is 92.8. The van der Waals surface area contributed by atoms with Crippen LogP contribution in [0.1, 0.15) is 142 Å². The summed E-state index contributed by atoms with van der Waals surface area (Å²) in [6.45, 7) is 28.5. The largest absolute Gasteiger partial charge is 0.497 e. The van der Waals surface area contributed by atoms with Crippen LogP contribution in [0.5, 0.6) is 11.5 Å². The minimum absolute atomic E-state index is 0.0209. The maximum absolute atomic E-state index is 17.0. The molecule has 9 rings (SSSR count). The number of aliphatic hydroxyl groups is 2. The van der Waals surface area contributed by atoms with E-state index >= 15 is 8.78 Å². The molecule has 0 amide bonds. The molecule has 15 nitrogen and oxygen atoms in total. The average molecular weight is 1640 g/mol. The molecule has 0 bridgehead atoms. The smallest absolute Gasteiger partial charge is 0.355 e. The van der Waals surface area contributed by atoms with E-state index in [9.17, 15) is 19.8 Å². The maximum atomic E-state index is 17.0. The van der Waals surface area contributed by atoms with Gasteiger partial charge in [-0.3, -0.25) is 0 Å². The molecule has 1 aliphatic heterocycles. The Morgan fingerprint density at radius 2 is 0.885 bits per heavy atom. The predicted octanol–water partition coefficient (Wildman–Crippen LogP) is 17.8. The Hall–Kier alpha value is -7.34. The first-order valence-corrected chi connectivity index (χ1v) is 45.7. The molecule has 610 valence electrons. The summed E-state index contributed by atoms with van der Waals surface area (Å²) in [5, 5.41) is 26.1. The van der Waals surface area contributed by atoms with Crippen molar-refractivity contribution in [3.05, 3.63) is 277 Å². The lowest BCUT2D eigenvalue weighted by atomic mass is 10.00. The molecule has 0 aromatic heterocycles. The Balaban J connectivity index is 0.000000321. The summed E-state index contributed by atoms with van der Waals surface area (Å²) >= 11 is 4.31. The van der Waals surface area contributed by atoms with Crippen LogP contribution in [0.2, 0.25) is 10.1 Å². The van der Waals surface area contributed by atoms with Gasteiger partial charge < -0.3 is 61.7 Å². The van der Waals surface area contributed by atoms with E-state index in [1.165, 1.54) is 12.2 Å². The number of methoxy groups -OCH3 is 3. The highest BCUT2D eigenvalue weighted by Crippen LogP contribution is 2.42. The van der Waals surface area contributed by atoms with Crippen molar-refractivity contribution in [2.24, 2.45) is 11.8 Å². The number of carbonyl (C=O) groups excluding carboxylic acids is 2. The quantitative estimate of drug-likeness (QED) is 0.0168. The molecule has 113 heavy (non-hydrogen) atoms. The van der Waals surface area contributed by atoms with Crippen LogP contribution >= 0.6 is 15.9 Å². The van der Waals surface area contributed by atoms with E-state index in [1.54, 1.807) is 89.8 Å². The maximum Gasteiger partial charge on any atom is 0.355 e. The van der Waals surface area contributed by atoms with Crippen molar-refractivity contribution >= 4 is 77.0 Å². The molecule has 0 spiro atoms. The topological polar surface area (TPSA) is 176 Å². The molecule has 12 atom stereocenters. The molecule has 0 radical (unpaired) electrons. The highest BCUT2D eigenvalue weighted by molar-refractivity contribution is 8.24. The fourth-order valence-electron chi connectivity index (χ4n) is 13.1. The SMILES string of the molecule is COC(C)C.COc1ccc(COCC[C@@H](O)[C@@H](O)C(OC(=O)c2ccccc2)/C(F)=C\[C@H](C)[C@H](C)O[Si](c2ccccc2)(c2ccccc2)C(C)(C)C)cc1.COc1ccc(COCC[C@@H]2OC(C)(C)OC2C(OC(=O)c2ccccc2)/C(F)=C\[C@@H](C)[C@H](C)O[Si](c2ccccc2)(c2ccccc2)C(C)(C)C)cc1.[3H][P+](P)=S. The highest BCUT2D eigenvalue weighted by Gasteiger charge is 2.54. The summed E-state index contributed by atoms with van der Waals surface area (Å²) in [6, 6.07) is 72.8. The Kier molecular flexibility index (Phi) is 38.1. The van der Waals surface area contributed by atoms with E-state index in [0.717, 1.165) is 43.4 Å². The number of halogens is 2. The zero-order valence-corrected chi connectivity index (χ0v) is 73.4. The monoisotopic (exact) mass is 1640 g/mol. The van der Waals surface area contributed by atoms with Crippen molar-refractivity contribution in [3.63, 3.8) is 0 Å². The number of hydrogen-bond donors (Lipinski definition) is 2. The van der Waals surface area contributed by atoms with Gasteiger partial charge in [-0.25, -0.2) is 18.4 Å². The Labute approximate surface area is 682 Å². The summed E-state index contributed by atoms with van der Waals surface area (Å²) in [4.78, 5) is 26.6. The van der Waals surface area contributed by atoms with Crippen molar-refractivity contribution in [2.45, 2.75) is 194 Å². The van der Waals surface area contributed by atoms with Crippen LogP contribution in [0, 0.1) is 11.8 Å². The molecule has 1 heterocycles. The third-order valence-corrected chi connectivity index (χ3v) is 29.8. The van der Waals surface area contributed by atoms with E-state index in [-0.39, 0.29) is 35.3 Å². The molecule has 0 saturated carbocycles. The minimum atomic E-state index is -2.96. The lowest BCUT2D eigenvalue weighted by Crippen LogP contribution is -2.67. The van der Waals surface area contributed by atoms with Gasteiger partial charge >= 0.3 is 13.2 Å². The van der Waals surface area contributed by atoms with E-state index in [1.807, 2.05) is 169 Å². The van der Waals surface area contributed by atoms with Crippen molar-refractivity contribution in [3.8, 4) is 11.5 Å². The van der Waals surface area contributed by atoms with E-state index < -0.39 is 114 Å². The molecule has 1 saturated heterocycles. The van der Waals surface area contributed by atoms with Crippen LogP contribution in [0.15, 0.2) is 254 Å². The summed E-state index contributed by atoms with van der Waals surface area (Å²) in [6.07, 6.45) is -5.23. The van der Waals surface area contributed by atoms with Crippen LogP contribution < -0.4 is 30.2 Å². The summed E-state index contributed by atoms with van der Waals surface area (Å²) in [7, 11) is 1.23. The number of hydrogen-bond acceptors (Lipinski definition) is 16. The Morgan fingerprint density at radius 3 is 1.23 bits per heavy atom. The van der Waals surface area contributed by atoms with Gasteiger partial charge in [-0.2, -0.15) is 0 Å². The molecular formula is C91H119F2O15P2SSi2+. The third kappa shape index (κ3) is 28.0. The van der Waals surface area contributed by atoms with Crippen molar-refractivity contribution in [1.29, 1.82) is 1.28 Å². The van der Waals surface area contributed by atoms with E-state index in [0.29, 0.717) is 31.3 Å². The lowest BCUT2D eigenvalue weighted by molar-refractivity contribution is -0.155. The van der Waals surface area contributed by atoms with Gasteiger partial charge in [0.1, 0.15) is 35.4 Å². The highest BCUT2D eigenvalue weighted by atomic mass is 32.6. The van der Waals surface area contributed by atoms with Crippen molar-refractivity contribution in [2.75, 3.05) is 34.5 Å². The molecule has 5 unspecified atom stereocenters. The van der Waals surface area contributed by atoms with E-state index in [4.69, 9.17) is 52.8 Å². The second kappa shape index (κ2) is 46.4. The molecule has 1 aliphatic rings. The van der Waals surface area contributed by atoms with Gasteiger partial charge in [0.15, 0.2) is 36.8 Å². The number of aliphatic hydroxyl groups excluding tert-OH is 2. The van der Waals surface area contributed by atoms with Crippen molar-refractivity contribution in [1.82, 2.24) is 0 Å². The van der Waals surface area contributed by atoms with Gasteiger partial charge in [0.2, 0.25) is 0 Å². The molecular weight excluding hydrogens is 1520 g/mol. The number of rotatable bonds is 34. The second-order valence-corrected chi connectivity index (χ2v) is 41.9. The summed E-state index contributed by atoms with van der Waals surface area (Å²) in [5.41, 5.74) is 2.39. The van der Waals surface area contributed by atoms with Crippen molar-refractivity contribution < 1.29 is 80.1 Å². The summed E-state index contributed by atoms with van der Waals surface area (Å²) in [5.74, 6) is -3.46. The van der Waals surface area contributed by atoms with Gasteiger partial charge in [0, 0.05) is 44.4 Å². The Bertz CT molecular complexity index is 4110. The van der Waals surface area contributed by atoms with Gasteiger partial charge in [-0.15, -0.1) is 0 Å². The molecule has 2 N–H and O–H groups in total. The van der Waals surface area contributed by atoms with Crippen LogP contribution in [0.4, 0.5) is 8.78 Å². The van der Waals surface area contributed by atoms with E-state index in [2.05, 4.69) is 111 Å². The van der Waals surface area contributed by atoms with Crippen LogP contribution in [-0.2, 0) is 67.0 Å². The third-order valence-electron chi connectivity index (χ3n) is 19.6. The van der Waals surface area contributed by atoms with Gasteiger partial charge in [0.25, 0.3) is 16.6 Å². The zero-order valence-electron chi connectivity index (χ0n) is 69.6. The minimum Gasteiger partial charge on any atom is -0.497 e. The average Bonchev–Trinajstić information content (AvgIpc) is 0.919. The fraction of sp³-hybridized carbons (Fsp3) is 0.407. The molecule has 1 fully saturated rings. The number of ether oxygens (including phenoxy) is 9. The van der Waals surface area contributed by atoms with Gasteiger partial charge in [0.05, 0.1) is 65.8 Å². The van der Waals surface area contributed by atoms with Crippen LogP contribution in [-0.4, -0.2) is 135 Å². The molecule has 8 aromatic carbocycles. The zero-order chi connectivity index (χ0) is 83.8. The number of esters is 2. The Morgan fingerprint density at radius 1 is 0.549 bits per heavy atom. The standard InChI is InChI=1S/C45H55FO7Si.C42H51FO7Si.C4H10O.H2P2S/c1-32(33(2)53-54(44(3,4)5,37-20-14-10-15-21-37)38-22-16-11-17-23-38)30-39(46)41(50-43(47)35-18-12-9-13-19-35)42-40(51-45(6,7)52-42)28-29-49-31-34-24-26-36(48-8)27-25-34;1-30(31(2)50-51(42(3,4)5,35-18-12-8-13-19-35)36-20-14-9-15-21-36)28-37(43)40(49-41(46)33-16-10-7-11-17-33)39(45)38(44)26-27-48-29-32-22-24-34(47-6)25-23-32;1-4(2)5-3;1-2-3/h9-27,30,32-33,40-42H,28-29,31H2,1-8H3;7-25,28,30-31,38-40,44-45H,26-27,29H2,1-6H3;4H,1-3H3;1H2/p+1/b39-30+;37-28+;;/t32-,33+,40+,41?,42?;30-,31-,38+,39+,40?;;/m10../s1/i/hT. The number of carbonyl (C=O) groups is 2. The molecule has 0 aliphatic carbocycles. The lowest BCUT2D eigenvalue weighted by Gasteiger charge is -2.45. The van der Waals surface area contributed by atoms with Gasteiger partial charge in [-0.1, -0.05) is 237 Å². The second-order valence-electron chi connectivity index (χ2n) is 30.6. The number of benzene rings is 8. The summed E-state index contributed by atoms with van der Waals surface area (Å²) < 4.78 is 105. The predicted molar refractivity (Wildman–Crippen MR) is 462 cm³/mol. The normalized spacial score (nSPS) is 16.9. The fourth-order valence-corrected chi connectivity index (χ4v) is 22.7. The van der Waals surface area contributed by atoms with Gasteiger partial charge in [-0.05, 0) is 157 Å². The first-order valence-electron chi connectivity index (χ1n) is 38.8. The molecule has 8 aromatic rings. The van der Waals surface area contributed by atoms with Crippen LogP contribution in [0.3, 0.4) is 0 Å². The molecule has 22 heteroatoms.